The lowest BCUT2D eigenvalue weighted by atomic mass is 9.97. The van der Waals surface area contributed by atoms with Crippen LogP contribution in [0.25, 0.3) is 0 Å². The van der Waals surface area contributed by atoms with Crippen LogP contribution in [0.15, 0.2) is 4.99 Å². The van der Waals surface area contributed by atoms with Gasteiger partial charge in [0.2, 0.25) is 0 Å². The minimum Gasteiger partial charge on any atom is -0.383 e. The van der Waals surface area contributed by atoms with Crippen LogP contribution in [0.1, 0.15) is 32.6 Å². The summed E-state index contributed by atoms with van der Waals surface area (Å²) in [6.45, 7) is 9.58. The number of nitrogens with two attached hydrogens (primary N) is 1. The maximum absolute atomic E-state index is 6.17. The Labute approximate surface area is 129 Å². The Hall–Kier alpha value is -0.810. The van der Waals surface area contributed by atoms with Gasteiger partial charge in [-0.3, -0.25) is 4.99 Å². The minimum atomic E-state index is 0.699. The minimum absolute atomic E-state index is 0.699. The second kappa shape index (κ2) is 8.59. The number of rotatable bonds is 5. The number of hydrogen-bond acceptors (Lipinski definition) is 3. The van der Waals surface area contributed by atoms with E-state index in [1.165, 1.54) is 38.8 Å². The largest absolute Gasteiger partial charge is 0.383 e. The standard InChI is InChI=1S/C16H32N4O/c1-14-4-3-7-20(13-14)16(17)18-12-15-5-8-19(9-6-15)10-11-21-2/h14-15H,3-13H2,1-2H3,(H2,17,18). The van der Waals surface area contributed by atoms with E-state index in [0.29, 0.717) is 5.92 Å². The Morgan fingerprint density at radius 2 is 2.00 bits per heavy atom. The van der Waals surface area contributed by atoms with E-state index in [9.17, 15) is 0 Å². The maximum atomic E-state index is 6.17. The molecule has 0 saturated carbocycles. The molecular weight excluding hydrogens is 264 g/mol. The molecule has 0 spiro atoms. The molecule has 21 heavy (non-hydrogen) atoms. The predicted octanol–water partition coefficient (Wildman–Crippen LogP) is 1.39. The summed E-state index contributed by atoms with van der Waals surface area (Å²) in [5.41, 5.74) is 6.17. The van der Waals surface area contributed by atoms with Crippen molar-refractivity contribution >= 4 is 5.96 Å². The first-order valence-corrected chi connectivity index (χ1v) is 8.45. The Bertz CT molecular complexity index is 326. The molecule has 1 unspecified atom stereocenters. The van der Waals surface area contributed by atoms with Gasteiger partial charge in [-0.2, -0.15) is 0 Å². The highest BCUT2D eigenvalue weighted by Gasteiger charge is 2.20. The van der Waals surface area contributed by atoms with E-state index in [1.54, 1.807) is 7.11 Å². The third-order valence-corrected chi connectivity index (χ3v) is 4.81. The second-order valence-corrected chi connectivity index (χ2v) is 6.67. The van der Waals surface area contributed by atoms with Crippen LogP contribution < -0.4 is 5.73 Å². The van der Waals surface area contributed by atoms with Crippen molar-refractivity contribution in [2.45, 2.75) is 32.6 Å². The van der Waals surface area contributed by atoms with Crippen LogP contribution in [0.5, 0.6) is 0 Å². The highest BCUT2D eigenvalue weighted by Crippen LogP contribution is 2.18. The number of aliphatic imine (C=N–C) groups is 1. The van der Waals surface area contributed by atoms with Crippen molar-refractivity contribution in [3.8, 4) is 0 Å². The molecule has 0 aromatic carbocycles. The molecule has 0 amide bonds. The van der Waals surface area contributed by atoms with Crippen LogP contribution >= 0.6 is 0 Å². The number of likely N-dealkylation sites (tertiary alicyclic amines) is 2. The van der Waals surface area contributed by atoms with Crippen molar-refractivity contribution in [2.75, 3.05) is 53.0 Å². The Morgan fingerprint density at radius 1 is 1.24 bits per heavy atom. The van der Waals surface area contributed by atoms with Gasteiger partial charge in [-0.25, -0.2) is 0 Å². The maximum Gasteiger partial charge on any atom is 0.191 e. The fraction of sp³-hybridized carbons (Fsp3) is 0.938. The first kappa shape index (κ1) is 16.6. The van der Waals surface area contributed by atoms with Crippen molar-refractivity contribution in [2.24, 2.45) is 22.6 Å². The summed E-state index contributed by atoms with van der Waals surface area (Å²) in [6, 6.07) is 0. The van der Waals surface area contributed by atoms with Crippen LogP contribution in [-0.4, -0.2) is 68.7 Å². The van der Waals surface area contributed by atoms with E-state index in [-0.39, 0.29) is 0 Å². The zero-order valence-electron chi connectivity index (χ0n) is 13.8. The lowest BCUT2D eigenvalue weighted by Gasteiger charge is -2.33. The summed E-state index contributed by atoms with van der Waals surface area (Å²) in [4.78, 5) is 9.42. The van der Waals surface area contributed by atoms with E-state index in [1.807, 2.05) is 0 Å². The van der Waals surface area contributed by atoms with Crippen molar-refractivity contribution in [3.63, 3.8) is 0 Å². The smallest absolute Gasteiger partial charge is 0.191 e. The van der Waals surface area contributed by atoms with Gasteiger partial charge in [0.15, 0.2) is 5.96 Å². The fourth-order valence-electron chi connectivity index (χ4n) is 3.33. The first-order chi connectivity index (χ1) is 10.2. The molecule has 2 N–H and O–H groups in total. The quantitative estimate of drug-likeness (QED) is 0.615. The molecule has 122 valence electrons. The molecule has 0 aliphatic carbocycles. The molecule has 0 radical (unpaired) electrons. The molecule has 2 heterocycles. The molecule has 0 aromatic heterocycles. The summed E-state index contributed by atoms with van der Waals surface area (Å²) < 4.78 is 5.14. The van der Waals surface area contributed by atoms with Crippen LogP contribution in [0.3, 0.4) is 0 Å². The lowest BCUT2D eigenvalue weighted by molar-refractivity contribution is 0.121. The van der Waals surface area contributed by atoms with Gasteiger partial charge in [0, 0.05) is 33.3 Å². The highest BCUT2D eigenvalue weighted by atomic mass is 16.5. The van der Waals surface area contributed by atoms with Crippen molar-refractivity contribution in [1.82, 2.24) is 9.80 Å². The van der Waals surface area contributed by atoms with Gasteiger partial charge in [0.05, 0.1) is 6.61 Å². The predicted molar refractivity (Wildman–Crippen MR) is 87.5 cm³/mol. The van der Waals surface area contributed by atoms with Crippen molar-refractivity contribution in [3.05, 3.63) is 0 Å². The topological polar surface area (TPSA) is 54.1 Å². The number of guanidine groups is 1. The van der Waals surface area contributed by atoms with Gasteiger partial charge in [-0.15, -0.1) is 0 Å². The Balaban J connectivity index is 1.69. The Kier molecular flexibility index (Phi) is 6.77. The third kappa shape index (κ3) is 5.47. The van der Waals surface area contributed by atoms with E-state index >= 15 is 0 Å². The summed E-state index contributed by atoms with van der Waals surface area (Å²) in [7, 11) is 1.77. The Morgan fingerprint density at radius 3 is 2.67 bits per heavy atom. The highest BCUT2D eigenvalue weighted by molar-refractivity contribution is 5.78. The molecule has 2 aliphatic heterocycles. The van der Waals surface area contributed by atoms with Crippen LogP contribution in [0.2, 0.25) is 0 Å². The normalized spacial score (nSPS) is 26.3. The third-order valence-electron chi connectivity index (χ3n) is 4.81. The lowest BCUT2D eigenvalue weighted by Crippen LogP contribution is -2.44. The molecule has 2 fully saturated rings. The molecule has 5 heteroatoms. The van der Waals surface area contributed by atoms with Gasteiger partial charge in [0.1, 0.15) is 0 Å². The number of nitrogens with zero attached hydrogens (tertiary/aromatic N) is 3. The zero-order chi connectivity index (χ0) is 15.1. The van der Waals surface area contributed by atoms with Crippen LogP contribution in [0, 0.1) is 11.8 Å². The number of ether oxygens (including phenoxy) is 1. The number of piperidine rings is 2. The molecule has 5 nitrogen and oxygen atoms in total. The van der Waals surface area contributed by atoms with Crippen LogP contribution in [0.4, 0.5) is 0 Å². The molecule has 2 aliphatic rings. The average Bonchev–Trinajstić information content (AvgIpc) is 2.51. The summed E-state index contributed by atoms with van der Waals surface area (Å²) in [5.74, 6) is 2.21. The van der Waals surface area contributed by atoms with Gasteiger partial charge >= 0.3 is 0 Å². The van der Waals surface area contributed by atoms with Gasteiger partial charge in [-0.05, 0) is 50.6 Å². The zero-order valence-corrected chi connectivity index (χ0v) is 13.8. The van der Waals surface area contributed by atoms with Crippen molar-refractivity contribution in [1.29, 1.82) is 0 Å². The van der Waals surface area contributed by atoms with Crippen molar-refractivity contribution < 1.29 is 4.74 Å². The molecule has 0 bridgehead atoms. The molecule has 2 rings (SSSR count). The van der Waals surface area contributed by atoms with Gasteiger partial charge in [-0.1, -0.05) is 6.92 Å². The fourth-order valence-corrected chi connectivity index (χ4v) is 3.33. The molecule has 2 saturated heterocycles. The SMILES string of the molecule is COCCN1CCC(CN=C(N)N2CCCC(C)C2)CC1. The first-order valence-electron chi connectivity index (χ1n) is 8.45. The monoisotopic (exact) mass is 296 g/mol. The summed E-state index contributed by atoms with van der Waals surface area (Å²) in [6.07, 6.45) is 5.03. The van der Waals surface area contributed by atoms with E-state index in [4.69, 9.17) is 10.5 Å². The van der Waals surface area contributed by atoms with Gasteiger partial charge < -0.3 is 20.3 Å². The molecular formula is C16H32N4O. The summed E-state index contributed by atoms with van der Waals surface area (Å²) >= 11 is 0. The van der Waals surface area contributed by atoms with Crippen LogP contribution in [-0.2, 0) is 4.74 Å². The number of hydrogen-bond donors (Lipinski definition) is 1. The molecule has 1 atom stereocenters. The number of methoxy groups -OCH3 is 1. The van der Waals surface area contributed by atoms with Gasteiger partial charge in [0.25, 0.3) is 0 Å². The molecule has 0 aromatic rings. The van der Waals surface area contributed by atoms with E-state index in [0.717, 1.165) is 44.7 Å². The van der Waals surface area contributed by atoms with E-state index < -0.39 is 0 Å². The second-order valence-electron chi connectivity index (χ2n) is 6.67. The average molecular weight is 296 g/mol. The van der Waals surface area contributed by atoms with E-state index in [2.05, 4.69) is 21.7 Å². The summed E-state index contributed by atoms with van der Waals surface area (Å²) in [5, 5.41) is 0.